The van der Waals surface area contributed by atoms with Gasteiger partial charge in [-0.1, -0.05) is 6.07 Å². The van der Waals surface area contributed by atoms with Gasteiger partial charge in [0.2, 0.25) is 0 Å². The Labute approximate surface area is 109 Å². The first-order valence-electron chi connectivity index (χ1n) is 5.36. The summed E-state index contributed by atoms with van der Waals surface area (Å²) in [5.74, 6) is -1.26. The van der Waals surface area contributed by atoms with E-state index in [-0.39, 0.29) is 0 Å². The van der Waals surface area contributed by atoms with E-state index in [4.69, 9.17) is 5.11 Å². The van der Waals surface area contributed by atoms with Crippen LogP contribution in [0.2, 0.25) is 0 Å². The Morgan fingerprint density at radius 2 is 2.22 bits per heavy atom. The first-order valence-corrected chi connectivity index (χ1v) is 6.24. The van der Waals surface area contributed by atoms with Crippen LogP contribution in [0.4, 0.5) is 4.79 Å². The summed E-state index contributed by atoms with van der Waals surface area (Å²) in [6.07, 6.45) is -1.15. The van der Waals surface area contributed by atoms with E-state index >= 15 is 0 Å². The summed E-state index contributed by atoms with van der Waals surface area (Å²) in [7, 11) is 1.57. The topological polar surface area (TPSA) is 89.9 Å². The molecule has 0 aliphatic carbocycles. The first-order chi connectivity index (χ1) is 8.41. The minimum Gasteiger partial charge on any atom is -0.480 e. The van der Waals surface area contributed by atoms with E-state index in [1.807, 2.05) is 17.5 Å². The van der Waals surface area contributed by atoms with E-state index in [9.17, 15) is 14.7 Å². The first kappa shape index (κ1) is 14.5. The zero-order valence-corrected chi connectivity index (χ0v) is 11.0. The summed E-state index contributed by atoms with van der Waals surface area (Å²) in [5, 5.41) is 22.3. The number of rotatable bonds is 5. The maximum absolute atomic E-state index is 11.7. The number of carbonyl (C=O) groups excluding carboxylic acids is 1. The predicted molar refractivity (Wildman–Crippen MR) is 67.4 cm³/mol. The minimum atomic E-state index is -1.30. The molecule has 1 aromatic rings. The molecule has 7 heteroatoms. The summed E-state index contributed by atoms with van der Waals surface area (Å²) >= 11 is 1.51. The molecule has 100 valence electrons. The Morgan fingerprint density at radius 1 is 1.56 bits per heavy atom. The highest BCUT2D eigenvalue weighted by Crippen LogP contribution is 2.10. The molecule has 1 heterocycles. The van der Waals surface area contributed by atoms with Crippen LogP contribution >= 0.6 is 11.3 Å². The van der Waals surface area contributed by atoms with Crippen molar-refractivity contribution in [2.75, 3.05) is 7.05 Å². The Bertz CT molecular complexity index is 405. The Morgan fingerprint density at radius 3 is 2.67 bits per heavy atom. The van der Waals surface area contributed by atoms with Crippen LogP contribution < -0.4 is 5.32 Å². The predicted octanol–water partition coefficient (Wildman–Crippen LogP) is 0.723. The Kier molecular flexibility index (Phi) is 5.11. The smallest absolute Gasteiger partial charge is 0.328 e. The van der Waals surface area contributed by atoms with Crippen LogP contribution in [0.1, 0.15) is 11.8 Å². The van der Waals surface area contributed by atoms with Gasteiger partial charge in [0.25, 0.3) is 0 Å². The zero-order valence-electron chi connectivity index (χ0n) is 10.2. The second kappa shape index (κ2) is 6.36. The third-order valence-electron chi connectivity index (χ3n) is 2.35. The molecule has 18 heavy (non-hydrogen) atoms. The highest BCUT2D eigenvalue weighted by atomic mass is 32.1. The quantitative estimate of drug-likeness (QED) is 0.737. The maximum atomic E-state index is 11.7. The molecule has 1 aromatic heterocycles. The highest BCUT2D eigenvalue weighted by molar-refractivity contribution is 7.09. The molecular formula is C11H16N2O4S. The zero-order chi connectivity index (χ0) is 13.7. The van der Waals surface area contributed by atoms with E-state index in [0.29, 0.717) is 6.54 Å². The molecular weight excluding hydrogens is 256 g/mol. The van der Waals surface area contributed by atoms with Gasteiger partial charge in [0.05, 0.1) is 12.6 Å². The molecule has 0 aliphatic heterocycles. The van der Waals surface area contributed by atoms with E-state index in [1.54, 1.807) is 7.05 Å². The number of carboxylic acid groups (broad SMARTS) is 1. The average molecular weight is 272 g/mol. The van der Waals surface area contributed by atoms with Crippen molar-refractivity contribution in [1.82, 2.24) is 10.2 Å². The van der Waals surface area contributed by atoms with Gasteiger partial charge in [-0.15, -0.1) is 11.3 Å². The standard InChI is InChI=1S/C11H16N2O4S/c1-7(14)9(10(15)16)12-11(17)13(2)6-8-4-3-5-18-8/h3-5,7,9,14H,6H2,1-2H3,(H,12,17)(H,15,16)/t7-,9+/m1/s1. The molecule has 0 aromatic carbocycles. The molecule has 0 saturated heterocycles. The SMILES string of the molecule is C[C@@H](O)[C@H](NC(=O)N(C)Cc1cccs1)C(=O)O. The van der Waals surface area contributed by atoms with Crippen LogP contribution in [0, 0.1) is 0 Å². The van der Waals surface area contributed by atoms with E-state index in [2.05, 4.69) is 5.32 Å². The fourth-order valence-corrected chi connectivity index (χ4v) is 2.10. The number of aliphatic hydroxyl groups excluding tert-OH is 1. The van der Waals surface area contributed by atoms with E-state index in [1.165, 1.54) is 23.2 Å². The molecule has 0 bridgehead atoms. The number of carboxylic acids is 1. The molecule has 6 nitrogen and oxygen atoms in total. The van der Waals surface area contributed by atoms with Gasteiger partial charge in [-0.3, -0.25) is 0 Å². The van der Waals surface area contributed by atoms with Crippen molar-refractivity contribution < 1.29 is 19.8 Å². The second-order valence-electron chi connectivity index (χ2n) is 3.94. The number of carbonyl (C=O) groups is 2. The van der Waals surface area contributed by atoms with Gasteiger partial charge in [-0.05, 0) is 18.4 Å². The summed E-state index contributed by atoms with van der Waals surface area (Å²) in [4.78, 5) is 24.9. The Balaban J connectivity index is 2.56. The van der Waals surface area contributed by atoms with Crippen LogP contribution in [0.15, 0.2) is 17.5 Å². The monoisotopic (exact) mass is 272 g/mol. The van der Waals surface area contributed by atoms with Crippen molar-refractivity contribution in [3.05, 3.63) is 22.4 Å². The minimum absolute atomic E-state index is 0.398. The number of hydrogen-bond acceptors (Lipinski definition) is 4. The summed E-state index contributed by atoms with van der Waals surface area (Å²) in [6, 6.07) is 1.93. The number of nitrogens with one attached hydrogen (secondary N) is 1. The number of thiophene rings is 1. The highest BCUT2D eigenvalue weighted by Gasteiger charge is 2.26. The third kappa shape index (κ3) is 4.01. The van der Waals surface area contributed by atoms with Crippen LogP contribution in [-0.4, -0.2) is 46.3 Å². The van der Waals surface area contributed by atoms with Crippen molar-refractivity contribution in [2.24, 2.45) is 0 Å². The number of aliphatic hydroxyl groups is 1. The maximum Gasteiger partial charge on any atom is 0.328 e. The normalized spacial score (nSPS) is 13.7. The molecule has 0 radical (unpaired) electrons. The van der Waals surface area contributed by atoms with Gasteiger partial charge < -0.3 is 20.4 Å². The number of nitrogens with zero attached hydrogens (tertiary/aromatic N) is 1. The lowest BCUT2D eigenvalue weighted by Gasteiger charge is -2.22. The van der Waals surface area contributed by atoms with Crippen molar-refractivity contribution in [1.29, 1.82) is 0 Å². The molecule has 0 spiro atoms. The lowest BCUT2D eigenvalue weighted by atomic mass is 10.2. The van der Waals surface area contributed by atoms with Crippen molar-refractivity contribution in [3.63, 3.8) is 0 Å². The average Bonchev–Trinajstić information content (AvgIpc) is 2.77. The molecule has 0 unspecified atom stereocenters. The van der Waals surface area contributed by atoms with Gasteiger partial charge in [0.15, 0.2) is 6.04 Å². The van der Waals surface area contributed by atoms with Crippen molar-refractivity contribution >= 4 is 23.3 Å². The molecule has 2 amide bonds. The molecule has 2 atom stereocenters. The summed E-state index contributed by atoms with van der Waals surface area (Å²) in [6.45, 7) is 1.72. The van der Waals surface area contributed by atoms with E-state index in [0.717, 1.165) is 4.88 Å². The lowest BCUT2D eigenvalue weighted by Crippen LogP contribution is -2.51. The molecule has 0 saturated carbocycles. The van der Waals surface area contributed by atoms with Crippen LogP contribution in [0.3, 0.4) is 0 Å². The number of amides is 2. The van der Waals surface area contributed by atoms with Gasteiger partial charge >= 0.3 is 12.0 Å². The van der Waals surface area contributed by atoms with Gasteiger partial charge in [0.1, 0.15) is 0 Å². The largest absolute Gasteiger partial charge is 0.480 e. The third-order valence-corrected chi connectivity index (χ3v) is 3.21. The molecule has 0 aliphatic rings. The van der Waals surface area contributed by atoms with Gasteiger partial charge in [-0.2, -0.15) is 0 Å². The molecule has 1 rings (SSSR count). The van der Waals surface area contributed by atoms with Crippen molar-refractivity contribution in [3.8, 4) is 0 Å². The second-order valence-corrected chi connectivity index (χ2v) is 4.97. The van der Waals surface area contributed by atoms with Crippen LogP contribution in [-0.2, 0) is 11.3 Å². The van der Waals surface area contributed by atoms with Gasteiger partial charge in [0, 0.05) is 11.9 Å². The van der Waals surface area contributed by atoms with Crippen molar-refractivity contribution in [2.45, 2.75) is 25.6 Å². The van der Waals surface area contributed by atoms with E-state index < -0.39 is 24.1 Å². The number of urea groups is 1. The fourth-order valence-electron chi connectivity index (χ4n) is 1.34. The summed E-state index contributed by atoms with van der Waals surface area (Å²) < 4.78 is 0. The van der Waals surface area contributed by atoms with Gasteiger partial charge in [-0.25, -0.2) is 9.59 Å². The lowest BCUT2D eigenvalue weighted by molar-refractivity contribution is -0.141. The molecule has 0 fully saturated rings. The summed E-state index contributed by atoms with van der Waals surface area (Å²) in [5.41, 5.74) is 0. The fraction of sp³-hybridized carbons (Fsp3) is 0.455. The molecule has 3 N–H and O–H groups in total. The Hall–Kier alpha value is -1.60. The van der Waals surface area contributed by atoms with Crippen LogP contribution in [0.25, 0.3) is 0 Å². The number of aliphatic carboxylic acids is 1. The van der Waals surface area contributed by atoms with Crippen LogP contribution in [0.5, 0.6) is 0 Å². The number of hydrogen-bond donors (Lipinski definition) is 3.